The maximum atomic E-state index is 12.8. The van der Waals surface area contributed by atoms with Gasteiger partial charge in [0.25, 0.3) is 0 Å². The van der Waals surface area contributed by atoms with E-state index in [9.17, 15) is 9.18 Å². The van der Waals surface area contributed by atoms with Crippen LogP contribution in [0.2, 0.25) is 0 Å². The number of carbonyl (C=O) groups excluding carboxylic acids is 1. The maximum Gasteiger partial charge on any atom is 0.222 e. The summed E-state index contributed by atoms with van der Waals surface area (Å²) < 4.78 is 18.5. The highest BCUT2D eigenvalue weighted by atomic mass is 19.1. The number of rotatable bonds is 5. The lowest BCUT2D eigenvalue weighted by molar-refractivity contribution is -0.133. The lowest BCUT2D eigenvalue weighted by Crippen LogP contribution is -2.41. The van der Waals surface area contributed by atoms with Crippen LogP contribution in [0.25, 0.3) is 0 Å². The minimum Gasteiger partial charge on any atom is -0.493 e. The van der Waals surface area contributed by atoms with Crippen molar-refractivity contribution < 1.29 is 13.9 Å². The van der Waals surface area contributed by atoms with E-state index in [4.69, 9.17) is 4.74 Å². The van der Waals surface area contributed by atoms with Gasteiger partial charge in [-0.15, -0.1) is 0 Å². The Kier molecular flexibility index (Phi) is 5.39. The van der Waals surface area contributed by atoms with E-state index in [0.717, 1.165) is 32.4 Å². The standard InChI is InChI=1S/C16H22FNO2/c1-2-4-16(19)18-10-3-5-13(11-18)12-20-15-8-6-14(17)7-9-15/h6-9,13H,2-5,10-12H2,1H3. The van der Waals surface area contributed by atoms with Crippen molar-refractivity contribution in [2.24, 2.45) is 5.92 Å². The molecule has 0 bridgehead atoms. The summed E-state index contributed by atoms with van der Waals surface area (Å²) >= 11 is 0. The molecule has 2 rings (SSSR count). The van der Waals surface area contributed by atoms with Gasteiger partial charge in [0.05, 0.1) is 6.61 Å². The Balaban J connectivity index is 1.80. The van der Waals surface area contributed by atoms with Crippen molar-refractivity contribution in [3.8, 4) is 5.75 Å². The van der Waals surface area contributed by atoms with Crippen LogP contribution in [0.1, 0.15) is 32.6 Å². The first-order valence-corrected chi connectivity index (χ1v) is 7.35. The minimum atomic E-state index is -0.258. The molecule has 0 saturated carbocycles. The summed E-state index contributed by atoms with van der Waals surface area (Å²) in [5.41, 5.74) is 0. The van der Waals surface area contributed by atoms with Gasteiger partial charge in [0.15, 0.2) is 0 Å². The van der Waals surface area contributed by atoms with Gasteiger partial charge in [-0.25, -0.2) is 4.39 Å². The van der Waals surface area contributed by atoms with Gasteiger partial charge in [-0.3, -0.25) is 4.79 Å². The highest BCUT2D eigenvalue weighted by molar-refractivity contribution is 5.76. The van der Waals surface area contributed by atoms with E-state index in [1.165, 1.54) is 12.1 Å². The summed E-state index contributed by atoms with van der Waals surface area (Å²) in [5.74, 6) is 1.04. The van der Waals surface area contributed by atoms with E-state index in [-0.39, 0.29) is 11.7 Å². The molecule has 1 aliphatic heterocycles. The molecule has 1 aromatic rings. The average molecular weight is 279 g/mol. The van der Waals surface area contributed by atoms with E-state index in [1.807, 2.05) is 11.8 Å². The summed E-state index contributed by atoms with van der Waals surface area (Å²) in [5, 5.41) is 0. The normalized spacial score (nSPS) is 18.9. The third kappa shape index (κ3) is 4.22. The fourth-order valence-electron chi connectivity index (χ4n) is 2.54. The molecule has 1 heterocycles. The van der Waals surface area contributed by atoms with Crippen molar-refractivity contribution in [1.82, 2.24) is 4.90 Å². The third-order valence-corrected chi connectivity index (χ3v) is 3.63. The van der Waals surface area contributed by atoms with Crippen LogP contribution in [0.3, 0.4) is 0 Å². The first-order valence-electron chi connectivity index (χ1n) is 7.35. The zero-order valence-electron chi connectivity index (χ0n) is 12.0. The Morgan fingerprint density at radius 1 is 1.40 bits per heavy atom. The molecule has 4 heteroatoms. The highest BCUT2D eigenvalue weighted by Gasteiger charge is 2.23. The molecular weight excluding hydrogens is 257 g/mol. The molecule has 0 aromatic heterocycles. The van der Waals surface area contributed by atoms with E-state index >= 15 is 0 Å². The molecule has 1 aromatic carbocycles. The quantitative estimate of drug-likeness (QED) is 0.828. The Morgan fingerprint density at radius 2 is 2.15 bits per heavy atom. The molecule has 1 aliphatic rings. The highest BCUT2D eigenvalue weighted by Crippen LogP contribution is 2.19. The molecule has 0 spiro atoms. The van der Waals surface area contributed by atoms with Crippen LogP contribution in [-0.4, -0.2) is 30.5 Å². The second kappa shape index (κ2) is 7.27. The molecule has 3 nitrogen and oxygen atoms in total. The van der Waals surface area contributed by atoms with Gasteiger partial charge in [0.1, 0.15) is 11.6 Å². The van der Waals surface area contributed by atoms with Crippen molar-refractivity contribution in [2.75, 3.05) is 19.7 Å². The Labute approximate surface area is 119 Å². The summed E-state index contributed by atoms with van der Waals surface area (Å²) in [7, 11) is 0. The van der Waals surface area contributed by atoms with E-state index in [0.29, 0.717) is 24.7 Å². The number of carbonyl (C=O) groups is 1. The molecule has 1 amide bonds. The zero-order chi connectivity index (χ0) is 14.4. The van der Waals surface area contributed by atoms with E-state index < -0.39 is 0 Å². The molecule has 1 saturated heterocycles. The molecule has 0 N–H and O–H groups in total. The van der Waals surface area contributed by atoms with Gasteiger partial charge in [0.2, 0.25) is 5.91 Å². The second-order valence-electron chi connectivity index (χ2n) is 5.36. The van der Waals surface area contributed by atoms with Gasteiger partial charge in [-0.1, -0.05) is 6.92 Å². The SMILES string of the molecule is CCCC(=O)N1CCCC(COc2ccc(F)cc2)C1. The maximum absolute atomic E-state index is 12.8. The van der Waals surface area contributed by atoms with Crippen molar-refractivity contribution in [3.05, 3.63) is 30.1 Å². The van der Waals surface area contributed by atoms with Crippen LogP contribution >= 0.6 is 0 Å². The Bertz CT molecular complexity index is 433. The topological polar surface area (TPSA) is 29.5 Å². The number of piperidine rings is 1. The summed E-state index contributed by atoms with van der Waals surface area (Å²) in [4.78, 5) is 13.8. The minimum absolute atomic E-state index is 0.249. The van der Waals surface area contributed by atoms with Crippen LogP contribution in [0.4, 0.5) is 4.39 Å². The molecular formula is C16H22FNO2. The van der Waals surface area contributed by atoms with Crippen molar-refractivity contribution in [2.45, 2.75) is 32.6 Å². The predicted molar refractivity (Wildman–Crippen MR) is 76.1 cm³/mol. The number of hydrogen-bond donors (Lipinski definition) is 0. The summed E-state index contributed by atoms with van der Waals surface area (Å²) in [6, 6.07) is 6.07. The molecule has 0 aliphatic carbocycles. The van der Waals surface area contributed by atoms with Crippen LogP contribution < -0.4 is 4.74 Å². The van der Waals surface area contributed by atoms with Crippen LogP contribution in [0.15, 0.2) is 24.3 Å². The van der Waals surface area contributed by atoms with Crippen LogP contribution in [0, 0.1) is 11.7 Å². The molecule has 0 radical (unpaired) electrons. The number of amides is 1. The van der Waals surface area contributed by atoms with E-state index in [1.54, 1.807) is 12.1 Å². The summed E-state index contributed by atoms with van der Waals surface area (Å²) in [6.07, 6.45) is 3.64. The number of ether oxygens (including phenoxy) is 1. The third-order valence-electron chi connectivity index (χ3n) is 3.63. The largest absolute Gasteiger partial charge is 0.493 e. The van der Waals surface area contributed by atoms with Crippen LogP contribution in [0.5, 0.6) is 5.75 Å². The Morgan fingerprint density at radius 3 is 2.85 bits per heavy atom. The van der Waals surface area contributed by atoms with Gasteiger partial charge < -0.3 is 9.64 Å². The zero-order valence-corrected chi connectivity index (χ0v) is 12.0. The monoisotopic (exact) mass is 279 g/mol. The lowest BCUT2D eigenvalue weighted by atomic mass is 9.98. The fraction of sp³-hybridized carbons (Fsp3) is 0.562. The first kappa shape index (κ1) is 14.8. The lowest BCUT2D eigenvalue weighted by Gasteiger charge is -2.32. The van der Waals surface area contributed by atoms with Gasteiger partial charge in [0, 0.05) is 25.4 Å². The van der Waals surface area contributed by atoms with Gasteiger partial charge in [-0.05, 0) is 43.5 Å². The summed E-state index contributed by atoms with van der Waals surface area (Å²) in [6.45, 7) is 4.25. The predicted octanol–water partition coefficient (Wildman–Crippen LogP) is 3.24. The fourth-order valence-corrected chi connectivity index (χ4v) is 2.54. The molecule has 20 heavy (non-hydrogen) atoms. The smallest absolute Gasteiger partial charge is 0.222 e. The first-order chi connectivity index (χ1) is 9.69. The van der Waals surface area contributed by atoms with Crippen LogP contribution in [-0.2, 0) is 4.79 Å². The van der Waals surface area contributed by atoms with Gasteiger partial charge >= 0.3 is 0 Å². The molecule has 1 unspecified atom stereocenters. The number of benzene rings is 1. The number of nitrogens with zero attached hydrogens (tertiary/aromatic N) is 1. The van der Waals surface area contributed by atoms with Crippen molar-refractivity contribution in [3.63, 3.8) is 0 Å². The second-order valence-corrected chi connectivity index (χ2v) is 5.36. The molecule has 110 valence electrons. The number of likely N-dealkylation sites (tertiary alicyclic amines) is 1. The Hall–Kier alpha value is -1.58. The number of hydrogen-bond acceptors (Lipinski definition) is 2. The van der Waals surface area contributed by atoms with Crippen molar-refractivity contribution in [1.29, 1.82) is 0 Å². The van der Waals surface area contributed by atoms with Crippen molar-refractivity contribution >= 4 is 5.91 Å². The van der Waals surface area contributed by atoms with E-state index in [2.05, 4.69) is 0 Å². The molecule has 1 atom stereocenters. The molecule has 1 fully saturated rings. The number of halogens is 1. The van der Waals surface area contributed by atoms with Gasteiger partial charge in [-0.2, -0.15) is 0 Å². The average Bonchev–Trinajstić information content (AvgIpc) is 2.47.